The number of carbonyl (C=O) groups is 1. The van der Waals surface area contributed by atoms with Crippen molar-refractivity contribution < 1.29 is 15.0 Å². The quantitative estimate of drug-likeness (QED) is 0.851. The van der Waals surface area contributed by atoms with Gasteiger partial charge in [-0.2, -0.15) is 0 Å². The summed E-state index contributed by atoms with van der Waals surface area (Å²) in [7, 11) is 0. The zero-order chi connectivity index (χ0) is 17.4. The number of allylic oxidation sites excluding steroid dienone is 1. The van der Waals surface area contributed by atoms with E-state index in [4.69, 9.17) is 12.2 Å². The molecule has 0 spiro atoms. The average Bonchev–Trinajstić information content (AvgIpc) is 3.04. The van der Waals surface area contributed by atoms with E-state index >= 15 is 0 Å². The predicted molar refractivity (Wildman–Crippen MR) is 96.2 cm³/mol. The second-order valence-electron chi connectivity index (χ2n) is 5.81. The van der Waals surface area contributed by atoms with Gasteiger partial charge in [-0.25, -0.2) is 0 Å². The Hall–Kier alpha value is -2.25. The van der Waals surface area contributed by atoms with Gasteiger partial charge in [-0.3, -0.25) is 9.56 Å². The molecule has 1 aromatic carbocycles. The Kier molecular flexibility index (Phi) is 4.38. The standard InChI is InChI=1S/C17H16N2O3S2/c1-9(2)14(16(21)22)19-15(20)13(24-17(19)23)7-10-8-18-12-6-4-3-5-11(10)12/h3-9,14,20H,1-2H3,(H,21,22)/p-1/b10-7+/t14-/m0/s1. The minimum absolute atomic E-state index is 0.154. The van der Waals surface area contributed by atoms with E-state index in [1.165, 1.54) is 4.57 Å². The van der Waals surface area contributed by atoms with Crippen LogP contribution in [0.4, 0.5) is 5.69 Å². The molecule has 0 fully saturated rings. The van der Waals surface area contributed by atoms with Gasteiger partial charge < -0.3 is 15.0 Å². The number of benzene rings is 1. The Balaban J connectivity index is 2.08. The number of carbonyl (C=O) groups excluding carboxylic acids is 1. The number of carboxylic acid groups (broad SMARTS) is 1. The van der Waals surface area contributed by atoms with E-state index in [2.05, 4.69) is 4.99 Å². The summed E-state index contributed by atoms with van der Waals surface area (Å²) >= 11 is 6.43. The lowest BCUT2D eigenvalue weighted by atomic mass is 10.0. The number of aromatic hydroxyl groups is 1. The van der Waals surface area contributed by atoms with Crippen LogP contribution in [0.5, 0.6) is 5.88 Å². The summed E-state index contributed by atoms with van der Waals surface area (Å²) in [5.41, 5.74) is 2.67. The summed E-state index contributed by atoms with van der Waals surface area (Å²) in [5.74, 6) is -1.68. The number of aromatic nitrogens is 1. The maximum absolute atomic E-state index is 11.4. The first-order chi connectivity index (χ1) is 11.4. The molecule has 7 heteroatoms. The SMILES string of the molecule is CC(C)[C@@H](C(=O)[O-])n1c(O)c(/C=C2\C=Nc3ccccc32)sc1=S. The van der Waals surface area contributed by atoms with Crippen LogP contribution >= 0.6 is 23.6 Å². The van der Waals surface area contributed by atoms with Gasteiger partial charge in [0.25, 0.3) is 0 Å². The molecule has 1 aliphatic heterocycles. The maximum Gasteiger partial charge on any atom is 0.211 e. The van der Waals surface area contributed by atoms with Crippen molar-refractivity contribution in [3.05, 3.63) is 38.7 Å². The highest BCUT2D eigenvalue weighted by Crippen LogP contribution is 2.37. The Morgan fingerprint density at radius 3 is 2.79 bits per heavy atom. The van der Waals surface area contributed by atoms with Gasteiger partial charge in [0.15, 0.2) is 3.95 Å². The number of hydrogen-bond donors (Lipinski definition) is 1. The first-order valence-electron chi connectivity index (χ1n) is 7.40. The van der Waals surface area contributed by atoms with Gasteiger partial charge in [0, 0.05) is 17.4 Å². The summed E-state index contributed by atoms with van der Waals surface area (Å²) in [6, 6.07) is 6.67. The zero-order valence-corrected chi connectivity index (χ0v) is 14.7. The van der Waals surface area contributed by atoms with Crippen molar-refractivity contribution >= 4 is 53.1 Å². The van der Waals surface area contributed by atoms with Crippen LogP contribution < -0.4 is 5.11 Å². The zero-order valence-electron chi connectivity index (χ0n) is 13.1. The molecule has 1 N–H and O–H groups in total. The average molecular weight is 359 g/mol. The predicted octanol–water partition coefficient (Wildman–Crippen LogP) is 3.19. The highest BCUT2D eigenvalue weighted by molar-refractivity contribution is 7.73. The number of rotatable bonds is 4. The van der Waals surface area contributed by atoms with Gasteiger partial charge in [0.2, 0.25) is 5.88 Å². The van der Waals surface area contributed by atoms with E-state index < -0.39 is 12.0 Å². The second kappa shape index (κ2) is 6.33. The van der Waals surface area contributed by atoms with Crippen LogP contribution in [0.1, 0.15) is 30.3 Å². The van der Waals surface area contributed by atoms with Crippen LogP contribution in [0.15, 0.2) is 29.3 Å². The molecule has 2 aromatic rings. The molecule has 0 unspecified atom stereocenters. The van der Waals surface area contributed by atoms with E-state index in [1.54, 1.807) is 26.1 Å². The molecule has 0 amide bonds. The molecular weight excluding hydrogens is 344 g/mol. The van der Waals surface area contributed by atoms with Gasteiger partial charge >= 0.3 is 0 Å². The van der Waals surface area contributed by atoms with Gasteiger partial charge in [-0.1, -0.05) is 32.0 Å². The van der Waals surface area contributed by atoms with Crippen LogP contribution in [-0.2, 0) is 4.79 Å². The molecule has 0 saturated heterocycles. The third-order valence-corrected chi connectivity index (χ3v) is 5.18. The third kappa shape index (κ3) is 2.81. The number of carboxylic acids is 1. The number of thiazole rings is 1. The lowest BCUT2D eigenvalue weighted by Gasteiger charge is -2.24. The highest BCUT2D eigenvalue weighted by atomic mass is 32.1. The van der Waals surface area contributed by atoms with Crippen LogP contribution in [0, 0.1) is 9.87 Å². The van der Waals surface area contributed by atoms with Gasteiger partial charge in [0.05, 0.1) is 22.6 Å². The van der Waals surface area contributed by atoms with Gasteiger partial charge in [-0.15, -0.1) is 11.3 Å². The number of fused-ring (bicyclic) bond motifs is 1. The minimum Gasteiger partial charge on any atom is -0.548 e. The van der Waals surface area contributed by atoms with Crippen molar-refractivity contribution in [1.82, 2.24) is 4.57 Å². The molecule has 0 bridgehead atoms. The topological polar surface area (TPSA) is 77.6 Å². The third-order valence-electron chi connectivity index (χ3n) is 3.84. The van der Waals surface area contributed by atoms with Crippen LogP contribution in [0.3, 0.4) is 0 Å². The fraction of sp³-hybridized carbons (Fsp3) is 0.235. The number of nitrogens with zero attached hydrogens (tertiary/aromatic N) is 2. The van der Waals surface area contributed by atoms with E-state index in [9.17, 15) is 15.0 Å². The molecule has 1 aromatic heterocycles. The lowest BCUT2D eigenvalue weighted by Crippen LogP contribution is -2.36. The molecule has 1 atom stereocenters. The molecule has 0 saturated carbocycles. The van der Waals surface area contributed by atoms with Gasteiger partial charge in [0.1, 0.15) is 0 Å². The molecular formula is C17H15N2O3S2-. The fourth-order valence-corrected chi connectivity index (χ4v) is 4.04. The first-order valence-corrected chi connectivity index (χ1v) is 8.63. The molecule has 5 nitrogen and oxygen atoms in total. The van der Waals surface area contributed by atoms with E-state index in [0.29, 0.717) is 8.83 Å². The van der Waals surface area contributed by atoms with Crippen LogP contribution in [0.25, 0.3) is 11.6 Å². The first kappa shape index (κ1) is 16.6. The molecule has 0 aliphatic carbocycles. The number of hydrogen-bond acceptors (Lipinski definition) is 6. The summed E-state index contributed by atoms with van der Waals surface area (Å²) in [5, 5.41) is 22.0. The summed E-state index contributed by atoms with van der Waals surface area (Å²) in [4.78, 5) is 16.3. The van der Waals surface area contributed by atoms with Crippen molar-refractivity contribution in [2.75, 3.05) is 0 Å². The van der Waals surface area contributed by atoms with E-state index in [1.807, 2.05) is 24.3 Å². The van der Waals surface area contributed by atoms with Crippen LogP contribution in [-0.4, -0.2) is 21.9 Å². The number of para-hydroxylation sites is 1. The Bertz CT molecular complexity index is 922. The normalized spacial score (nSPS) is 15.9. The van der Waals surface area contributed by atoms with Crippen molar-refractivity contribution in [1.29, 1.82) is 0 Å². The van der Waals surface area contributed by atoms with Crippen molar-refractivity contribution in [2.24, 2.45) is 10.9 Å². The summed E-state index contributed by atoms with van der Waals surface area (Å²) in [6.07, 6.45) is 3.49. The highest BCUT2D eigenvalue weighted by Gasteiger charge is 2.23. The van der Waals surface area contributed by atoms with Crippen LogP contribution in [0.2, 0.25) is 0 Å². The smallest absolute Gasteiger partial charge is 0.211 e. The van der Waals surface area contributed by atoms with E-state index in [-0.39, 0.29) is 11.8 Å². The monoisotopic (exact) mass is 359 g/mol. The molecule has 2 heterocycles. The minimum atomic E-state index is -1.26. The Morgan fingerprint density at radius 1 is 1.42 bits per heavy atom. The number of aliphatic carboxylic acids is 1. The molecule has 24 heavy (non-hydrogen) atoms. The van der Waals surface area contributed by atoms with E-state index in [0.717, 1.165) is 28.2 Å². The summed E-state index contributed by atoms with van der Waals surface area (Å²) < 4.78 is 1.55. The van der Waals surface area contributed by atoms with Crippen molar-refractivity contribution in [3.8, 4) is 5.88 Å². The number of aliphatic imine (C=N–C) groups is 1. The van der Waals surface area contributed by atoms with Crippen molar-refractivity contribution in [3.63, 3.8) is 0 Å². The fourth-order valence-electron chi connectivity index (χ4n) is 2.70. The molecule has 124 valence electrons. The molecule has 0 radical (unpaired) electrons. The Labute approximate surface area is 148 Å². The molecule has 1 aliphatic rings. The Morgan fingerprint density at radius 2 is 2.12 bits per heavy atom. The lowest BCUT2D eigenvalue weighted by molar-refractivity contribution is -0.311. The van der Waals surface area contributed by atoms with Crippen molar-refractivity contribution in [2.45, 2.75) is 19.9 Å². The van der Waals surface area contributed by atoms with Gasteiger partial charge in [-0.05, 0) is 30.3 Å². The summed E-state index contributed by atoms with van der Waals surface area (Å²) in [6.45, 7) is 3.49. The largest absolute Gasteiger partial charge is 0.548 e. The second-order valence-corrected chi connectivity index (χ2v) is 7.48. The maximum atomic E-state index is 11.4. The molecule has 3 rings (SSSR count).